The number of aldehydes is 1. The van der Waals surface area contributed by atoms with Crippen LogP contribution in [0.3, 0.4) is 0 Å². The van der Waals surface area contributed by atoms with Gasteiger partial charge in [0.1, 0.15) is 6.29 Å². The number of hydrogen-bond acceptors (Lipinski definition) is 2. The van der Waals surface area contributed by atoms with E-state index in [0.29, 0.717) is 12.0 Å². The number of hydrogen-bond donors (Lipinski definition) is 0. The molecule has 0 amide bonds. The monoisotopic (exact) mass is 262 g/mol. The van der Waals surface area contributed by atoms with Crippen LogP contribution in [0, 0.1) is 11.3 Å². The van der Waals surface area contributed by atoms with Crippen molar-refractivity contribution in [1.82, 2.24) is 0 Å². The van der Waals surface area contributed by atoms with Gasteiger partial charge in [0.2, 0.25) is 0 Å². The first-order valence-electron chi connectivity index (χ1n) is 7.53. The van der Waals surface area contributed by atoms with Crippen LogP contribution in [-0.2, 0) is 9.53 Å². The molecule has 2 aliphatic rings. The van der Waals surface area contributed by atoms with Crippen molar-refractivity contribution in [3.05, 3.63) is 23.3 Å². The summed E-state index contributed by atoms with van der Waals surface area (Å²) in [6.45, 7) is 7.35. The van der Waals surface area contributed by atoms with Gasteiger partial charge in [-0.25, -0.2) is 0 Å². The molecular weight excluding hydrogens is 236 g/mol. The first kappa shape index (κ1) is 14.5. The minimum absolute atomic E-state index is 0.245. The third-order valence-corrected chi connectivity index (χ3v) is 4.74. The number of rotatable bonds is 3. The van der Waals surface area contributed by atoms with Crippen molar-refractivity contribution in [2.75, 3.05) is 6.61 Å². The lowest BCUT2D eigenvalue weighted by Crippen LogP contribution is -2.25. The van der Waals surface area contributed by atoms with E-state index in [0.717, 1.165) is 50.6 Å². The lowest BCUT2D eigenvalue weighted by Gasteiger charge is -2.24. The van der Waals surface area contributed by atoms with Crippen molar-refractivity contribution in [3.63, 3.8) is 0 Å². The van der Waals surface area contributed by atoms with Gasteiger partial charge >= 0.3 is 0 Å². The predicted octanol–water partition coefficient (Wildman–Crippen LogP) is 4.06. The van der Waals surface area contributed by atoms with Crippen LogP contribution in [0.5, 0.6) is 0 Å². The largest absolute Gasteiger partial charge is 0.378 e. The molecule has 0 aromatic carbocycles. The van der Waals surface area contributed by atoms with Crippen LogP contribution in [0.1, 0.15) is 52.9 Å². The van der Waals surface area contributed by atoms with E-state index in [9.17, 15) is 4.79 Å². The zero-order valence-corrected chi connectivity index (χ0v) is 12.4. The minimum atomic E-state index is 0.245. The van der Waals surface area contributed by atoms with E-state index < -0.39 is 0 Å². The van der Waals surface area contributed by atoms with E-state index in [-0.39, 0.29) is 5.41 Å². The zero-order chi connectivity index (χ0) is 13.9. The Morgan fingerprint density at radius 1 is 1.47 bits per heavy atom. The van der Waals surface area contributed by atoms with Gasteiger partial charge in [-0.3, -0.25) is 4.79 Å². The van der Waals surface area contributed by atoms with Crippen LogP contribution in [0.15, 0.2) is 23.3 Å². The molecule has 0 bridgehead atoms. The average molecular weight is 262 g/mol. The molecule has 1 fully saturated rings. The summed E-state index contributed by atoms with van der Waals surface area (Å²) in [5.41, 5.74) is 2.64. The first-order chi connectivity index (χ1) is 9.10. The van der Waals surface area contributed by atoms with E-state index in [1.807, 2.05) is 0 Å². The van der Waals surface area contributed by atoms with E-state index in [1.54, 1.807) is 0 Å². The Balaban J connectivity index is 2.18. The molecule has 0 spiro atoms. The fourth-order valence-electron chi connectivity index (χ4n) is 3.23. The second-order valence-electron chi connectivity index (χ2n) is 6.25. The number of ether oxygens (including phenoxy) is 1. The maximum atomic E-state index is 11.1. The van der Waals surface area contributed by atoms with Crippen LogP contribution in [-0.4, -0.2) is 19.0 Å². The molecule has 0 aromatic rings. The second-order valence-corrected chi connectivity index (χ2v) is 6.25. The zero-order valence-electron chi connectivity index (χ0n) is 12.4. The molecule has 0 heterocycles. The van der Waals surface area contributed by atoms with Gasteiger partial charge in [-0.15, -0.1) is 0 Å². The van der Waals surface area contributed by atoms with Crippen molar-refractivity contribution < 1.29 is 9.53 Å². The number of allylic oxidation sites excluding steroid dienone is 4. The van der Waals surface area contributed by atoms with Gasteiger partial charge in [-0.2, -0.15) is 0 Å². The molecule has 1 saturated carbocycles. The highest BCUT2D eigenvalue weighted by atomic mass is 16.5. The van der Waals surface area contributed by atoms with Gasteiger partial charge in [0.15, 0.2) is 0 Å². The van der Waals surface area contributed by atoms with Crippen molar-refractivity contribution in [1.29, 1.82) is 0 Å². The van der Waals surface area contributed by atoms with Gasteiger partial charge in [-0.05, 0) is 57.4 Å². The lowest BCUT2D eigenvalue weighted by molar-refractivity contribution is -0.105. The molecule has 2 rings (SSSR count). The summed E-state index contributed by atoms with van der Waals surface area (Å²) in [6.07, 6.45) is 11.1. The fourth-order valence-corrected chi connectivity index (χ4v) is 3.23. The quantitative estimate of drug-likeness (QED) is 0.566. The first-order valence-corrected chi connectivity index (χ1v) is 7.53. The van der Waals surface area contributed by atoms with Crippen molar-refractivity contribution >= 4 is 6.29 Å². The summed E-state index contributed by atoms with van der Waals surface area (Å²) in [7, 11) is 0. The van der Waals surface area contributed by atoms with Crippen LogP contribution in [0.2, 0.25) is 0 Å². The molecule has 0 aliphatic heterocycles. The van der Waals surface area contributed by atoms with Crippen LogP contribution in [0.25, 0.3) is 0 Å². The summed E-state index contributed by atoms with van der Waals surface area (Å²) in [5, 5.41) is 0. The van der Waals surface area contributed by atoms with Crippen molar-refractivity contribution in [2.45, 2.75) is 59.0 Å². The van der Waals surface area contributed by atoms with Crippen molar-refractivity contribution in [2.24, 2.45) is 11.3 Å². The fraction of sp³-hybridized carbons (Fsp3) is 0.706. The SMILES string of the molecule is CCO[C@H]1CC/C(C)=C/CC/C(C=O)=C\[C@H]2C[C@]12C. The van der Waals surface area contributed by atoms with Gasteiger partial charge in [0, 0.05) is 12.0 Å². The maximum absolute atomic E-state index is 11.1. The summed E-state index contributed by atoms with van der Waals surface area (Å²) in [5.74, 6) is 0.530. The van der Waals surface area contributed by atoms with Gasteiger partial charge < -0.3 is 4.74 Å². The van der Waals surface area contributed by atoms with Gasteiger partial charge in [0.05, 0.1) is 6.10 Å². The Bertz CT molecular complexity index is 394. The lowest BCUT2D eigenvalue weighted by atomic mass is 9.92. The maximum Gasteiger partial charge on any atom is 0.145 e. The second kappa shape index (κ2) is 6.04. The number of fused-ring (bicyclic) bond motifs is 1. The molecule has 3 atom stereocenters. The highest BCUT2D eigenvalue weighted by Crippen LogP contribution is 2.58. The average Bonchev–Trinajstić information content (AvgIpc) is 3.04. The standard InChI is InChI=1S/C17H26O2/c1-4-19-16-9-8-13(2)6-5-7-14(12-18)10-15-11-17(15,16)3/h6,10,12,15-16H,4-5,7-9,11H2,1-3H3/b13-6+,14-10+/t15-,16-,17-/m0/s1. The van der Waals surface area contributed by atoms with E-state index in [2.05, 4.69) is 32.9 Å². The van der Waals surface area contributed by atoms with Crippen LogP contribution in [0.4, 0.5) is 0 Å². The molecular formula is C17H26O2. The molecule has 2 aliphatic carbocycles. The number of carbonyl (C=O) groups excluding carboxylic acids is 1. The summed E-state index contributed by atoms with van der Waals surface area (Å²) >= 11 is 0. The Morgan fingerprint density at radius 3 is 2.95 bits per heavy atom. The number of carbonyl (C=O) groups is 1. The molecule has 106 valence electrons. The molecule has 0 saturated heterocycles. The van der Waals surface area contributed by atoms with Crippen LogP contribution < -0.4 is 0 Å². The normalized spacial score (nSPS) is 41.0. The molecule has 0 N–H and O–H groups in total. The summed E-state index contributed by atoms with van der Waals surface area (Å²) < 4.78 is 5.98. The summed E-state index contributed by atoms with van der Waals surface area (Å²) in [6, 6.07) is 0. The van der Waals surface area contributed by atoms with Gasteiger partial charge in [-0.1, -0.05) is 24.6 Å². The third kappa shape index (κ3) is 3.36. The Morgan fingerprint density at radius 2 is 2.26 bits per heavy atom. The van der Waals surface area contributed by atoms with Gasteiger partial charge in [0.25, 0.3) is 0 Å². The Kier molecular flexibility index (Phi) is 4.62. The highest BCUT2D eigenvalue weighted by Gasteiger charge is 2.54. The molecule has 2 heteroatoms. The van der Waals surface area contributed by atoms with Crippen LogP contribution >= 0.6 is 0 Å². The van der Waals surface area contributed by atoms with E-state index in [4.69, 9.17) is 4.74 Å². The molecule has 0 radical (unpaired) electrons. The minimum Gasteiger partial charge on any atom is -0.378 e. The molecule has 0 unspecified atom stereocenters. The predicted molar refractivity (Wildman–Crippen MR) is 78.0 cm³/mol. The summed E-state index contributed by atoms with van der Waals surface area (Å²) in [4.78, 5) is 11.1. The molecule has 0 aromatic heterocycles. The van der Waals surface area contributed by atoms with E-state index in [1.165, 1.54) is 5.57 Å². The molecule has 2 nitrogen and oxygen atoms in total. The Labute approximate surface area is 116 Å². The Hall–Kier alpha value is -0.890. The molecule has 19 heavy (non-hydrogen) atoms. The smallest absolute Gasteiger partial charge is 0.145 e. The third-order valence-electron chi connectivity index (χ3n) is 4.74. The topological polar surface area (TPSA) is 26.3 Å². The van der Waals surface area contributed by atoms with E-state index >= 15 is 0 Å². The van der Waals surface area contributed by atoms with Crippen molar-refractivity contribution in [3.8, 4) is 0 Å². The highest BCUT2D eigenvalue weighted by molar-refractivity contribution is 5.73.